The molecule has 0 spiro atoms. The van der Waals surface area contributed by atoms with E-state index < -0.39 is 0 Å². The highest BCUT2D eigenvalue weighted by molar-refractivity contribution is 5.84. The van der Waals surface area contributed by atoms with Gasteiger partial charge in [0.1, 0.15) is 12.4 Å². The third-order valence-electron chi connectivity index (χ3n) is 3.94. The van der Waals surface area contributed by atoms with E-state index in [2.05, 4.69) is 10.6 Å². The lowest BCUT2D eigenvalue weighted by atomic mass is 10.1. The Hall–Kier alpha value is -2.11. The smallest absolute Gasteiger partial charge is 0.317 e. The first kappa shape index (κ1) is 13.9. The molecule has 1 saturated carbocycles. The van der Waals surface area contributed by atoms with Gasteiger partial charge in [-0.05, 0) is 30.5 Å². The topological polar surface area (TPSA) is 61.4 Å². The van der Waals surface area contributed by atoms with Crippen molar-refractivity contribution in [3.63, 3.8) is 0 Å². The van der Waals surface area contributed by atoms with E-state index in [9.17, 15) is 14.0 Å². The molecule has 2 aliphatic rings. The molecule has 3 rings (SSSR count). The standard InChI is InChI=1S/C15H18FN3O2/c16-11-4-2-10(3-5-11)12-8-13(12)18-14(20)9-19-7-1-6-17-15(19)21/h2-5,12-13H,1,6-9H2,(H,17,21)(H,18,20). The van der Waals surface area contributed by atoms with Crippen molar-refractivity contribution in [1.82, 2.24) is 15.5 Å². The minimum atomic E-state index is -0.254. The second-order valence-corrected chi connectivity index (χ2v) is 5.57. The number of nitrogens with zero attached hydrogens (tertiary/aromatic N) is 1. The van der Waals surface area contributed by atoms with Crippen molar-refractivity contribution < 1.29 is 14.0 Å². The molecule has 1 aromatic carbocycles. The second kappa shape index (κ2) is 5.71. The third-order valence-corrected chi connectivity index (χ3v) is 3.94. The minimum Gasteiger partial charge on any atom is -0.351 e. The molecule has 0 bridgehead atoms. The lowest BCUT2D eigenvalue weighted by Crippen LogP contribution is -2.50. The number of halogens is 1. The first-order valence-corrected chi connectivity index (χ1v) is 7.21. The van der Waals surface area contributed by atoms with Crippen LogP contribution in [-0.4, -0.2) is 42.5 Å². The molecule has 2 N–H and O–H groups in total. The lowest BCUT2D eigenvalue weighted by Gasteiger charge is -2.26. The molecule has 21 heavy (non-hydrogen) atoms. The molecular formula is C15H18FN3O2. The highest BCUT2D eigenvalue weighted by Gasteiger charge is 2.39. The summed E-state index contributed by atoms with van der Waals surface area (Å²) in [6.07, 6.45) is 1.73. The zero-order valence-corrected chi connectivity index (χ0v) is 11.6. The number of carbonyl (C=O) groups is 2. The number of carbonyl (C=O) groups excluding carboxylic acids is 2. The van der Waals surface area contributed by atoms with Crippen molar-refractivity contribution in [3.05, 3.63) is 35.6 Å². The van der Waals surface area contributed by atoms with Crippen molar-refractivity contribution in [3.8, 4) is 0 Å². The van der Waals surface area contributed by atoms with Crippen LogP contribution in [0.15, 0.2) is 24.3 Å². The summed E-state index contributed by atoms with van der Waals surface area (Å²) in [5.41, 5.74) is 1.04. The molecular weight excluding hydrogens is 273 g/mol. The number of hydrogen-bond donors (Lipinski definition) is 2. The average Bonchev–Trinajstić information content (AvgIpc) is 3.21. The summed E-state index contributed by atoms with van der Waals surface area (Å²) in [6.45, 7) is 1.38. The molecule has 3 amide bonds. The van der Waals surface area contributed by atoms with Gasteiger partial charge in [0.25, 0.3) is 0 Å². The first-order chi connectivity index (χ1) is 10.1. The third kappa shape index (κ3) is 3.32. The summed E-state index contributed by atoms with van der Waals surface area (Å²) < 4.78 is 12.9. The van der Waals surface area contributed by atoms with E-state index in [-0.39, 0.29) is 36.3 Å². The molecule has 2 atom stereocenters. The van der Waals surface area contributed by atoms with Gasteiger partial charge >= 0.3 is 6.03 Å². The van der Waals surface area contributed by atoms with E-state index >= 15 is 0 Å². The van der Waals surface area contributed by atoms with Crippen molar-refractivity contribution in [1.29, 1.82) is 0 Å². The van der Waals surface area contributed by atoms with Crippen molar-refractivity contribution in [2.45, 2.75) is 24.8 Å². The maximum Gasteiger partial charge on any atom is 0.317 e. The zero-order valence-electron chi connectivity index (χ0n) is 11.6. The monoisotopic (exact) mass is 291 g/mol. The highest BCUT2D eigenvalue weighted by atomic mass is 19.1. The van der Waals surface area contributed by atoms with E-state index in [0.29, 0.717) is 13.1 Å². The number of nitrogens with one attached hydrogen (secondary N) is 2. The van der Waals surface area contributed by atoms with E-state index in [4.69, 9.17) is 0 Å². The van der Waals surface area contributed by atoms with Gasteiger partial charge in [-0.1, -0.05) is 12.1 Å². The van der Waals surface area contributed by atoms with Crippen LogP contribution in [0.5, 0.6) is 0 Å². The maximum absolute atomic E-state index is 12.9. The molecule has 112 valence electrons. The summed E-state index contributed by atoms with van der Waals surface area (Å²) in [6, 6.07) is 6.29. The Labute approximate surface area is 122 Å². The van der Waals surface area contributed by atoms with E-state index in [1.807, 2.05) is 0 Å². The van der Waals surface area contributed by atoms with Gasteiger partial charge < -0.3 is 15.5 Å². The number of rotatable bonds is 4. The Morgan fingerprint density at radius 2 is 2.14 bits per heavy atom. The number of amides is 3. The molecule has 0 aromatic heterocycles. The van der Waals surface area contributed by atoms with Crippen LogP contribution >= 0.6 is 0 Å². The predicted molar refractivity (Wildman–Crippen MR) is 75.3 cm³/mol. The van der Waals surface area contributed by atoms with Crippen LogP contribution in [0.25, 0.3) is 0 Å². The molecule has 0 radical (unpaired) electrons. The molecule has 1 saturated heterocycles. The summed E-state index contributed by atoms with van der Waals surface area (Å²) in [4.78, 5) is 25.0. The Balaban J connectivity index is 1.48. The SMILES string of the molecule is O=C(CN1CCCNC1=O)NC1CC1c1ccc(F)cc1. The summed E-state index contributed by atoms with van der Waals surface area (Å²) in [5.74, 6) is -0.137. The fourth-order valence-electron chi connectivity index (χ4n) is 2.69. The summed E-state index contributed by atoms with van der Waals surface area (Å²) in [7, 11) is 0. The highest BCUT2D eigenvalue weighted by Crippen LogP contribution is 2.40. The summed E-state index contributed by atoms with van der Waals surface area (Å²) >= 11 is 0. The van der Waals surface area contributed by atoms with Crippen LogP contribution in [0.1, 0.15) is 24.3 Å². The largest absolute Gasteiger partial charge is 0.351 e. The van der Waals surface area contributed by atoms with Gasteiger partial charge in [-0.25, -0.2) is 9.18 Å². The van der Waals surface area contributed by atoms with Crippen LogP contribution in [0, 0.1) is 5.82 Å². The Morgan fingerprint density at radius 3 is 2.86 bits per heavy atom. The number of urea groups is 1. The fourth-order valence-corrected chi connectivity index (χ4v) is 2.69. The Kier molecular flexibility index (Phi) is 3.77. The maximum atomic E-state index is 12.9. The van der Waals surface area contributed by atoms with Gasteiger partial charge in [0.2, 0.25) is 5.91 Å². The molecule has 1 aromatic rings. The van der Waals surface area contributed by atoms with Crippen LogP contribution < -0.4 is 10.6 Å². The number of hydrogen-bond acceptors (Lipinski definition) is 2. The van der Waals surface area contributed by atoms with Crippen LogP contribution in [-0.2, 0) is 4.79 Å². The fraction of sp³-hybridized carbons (Fsp3) is 0.467. The molecule has 2 fully saturated rings. The van der Waals surface area contributed by atoms with Crippen LogP contribution in [0.2, 0.25) is 0 Å². The molecule has 2 unspecified atom stereocenters. The van der Waals surface area contributed by atoms with Crippen LogP contribution in [0.4, 0.5) is 9.18 Å². The van der Waals surface area contributed by atoms with Gasteiger partial charge in [-0.2, -0.15) is 0 Å². The van der Waals surface area contributed by atoms with E-state index in [0.717, 1.165) is 18.4 Å². The predicted octanol–water partition coefficient (Wildman–Crippen LogP) is 1.21. The molecule has 1 heterocycles. The minimum absolute atomic E-state index is 0.0933. The van der Waals surface area contributed by atoms with E-state index in [1.165, 1.54) is 17.0 Å². The van der Waals surface area contributed by atoms with Gasteiger partial charge in [0.15, 0.2) is 0 Å². The first-order valence-electron chi connectivity index (χ1n) is 7.21. The quantitative estimate of drug-likeness (QED) is 0.876. The summed E-state index contributed by atoms with van der Waals surface area (Å²) in [5, 5.41) is 5.65. The lowest BCUT2D eigenvalue weighted by molar-refractivity contribution is -0.121. The second-order valence-electron chi connectivity index (χ2n) is 5.57. The molecule has 1 aliphatic carbocycles. The van der Waals surface area contributed by atoms with Gasteiger partial charge in [0.05, 0.1) is 0 Å². The van der Waals surface area contributed by atoms with Crippen molar-refractivity contribution >= 4 is 11.9 Å². The van der Waals surface area contributed by atoms with Gasteiger partial charge in [0, 0.05) is 25.0 Å². The van der Waals surface area contributed by atoms with Gasteiger partial charge in [-0.15, -0.1) is 0 Å². The normalized spacial score (nSPS) is 24.4. The molecule has 1 aliphatic heterocycles. The average molecular weight is 291 g/mol. The van der Waals surface area contributed by atoms with Crippen molar-refractivity contribution in [2.75, 3.05) is 19.6 Å². The Morgan fingerprint density at radius 1 is 1.38 bits per heavy atom. The van der Waals surface area contributed by atoms with E-state index in [1.54, 1.807) is 12.1 Å². The van der Waals surface area contributed by atoms with Crippen molar-refractivity contribution in [2.24, 2.45) is 0 Å². The molecule has 5 nitrogen and oxygen atoms in total. The van der Waals surface area contributed by atoms with Crippen LogP contribution in [0.3, 0.4) is 0 Å². The zero-order chi connectivity index (χ0) is 14.8. The molecule has 6 heteroatoms. The van der Waals surface area contributed by atoms with Gasteiger partial charge in [-0.3, -0.25) is 4.79 Å². The Bertz CT molecular complexity index is 546. The number of benzene rings is 1.